The molecule has 21 heavy (non-hydrogen) atoms. The minimum atomic E-state index is -0.0152. The molecule has 2 rings (SSSR count). The smallest absolute Gasteiger partial charge is 0.238 e. The molecule has 2 aromatic rings. The van der Waals surface area contributed by atoms with Gasteiger partial charge in [0.2, 0.25) is 5.91 Å². The van der Waals surface area contributed by atoms with Crippen molar-refractivity contribution in [1.82, 2.24) is 4.90 Å². The van der Waals surface area contributed by atoms with E-state index in [1.807, 2.05) is 67.4 Å². The Morgan fingerprint density at radius 3 is 2.57 bits per heavy atom. The van der Waals surface area contributed by atoms with Gasteiger partial charge in [-0.05, 0) is 49.4 Å². The highest BCUT2D eigenvalue weighted by Gasteiger charge is 2.07. The van der Waals surface area contributed by atoms with Crippen LogP contribution in [-0.2, 0) is 11.3 Å². The Labute approximate surface area is 125 Å². The number of nitrogen functional groups attached to an aromatic ring is 1. The second kappa shape index (κ2) is 6.90. The van der Waals surface area contributed by atoms with Gasteiger partial charge in [0.25, 0.3) is 0 Å². The zero-order valence-corrected chi connectivity index (χ0v) is 12.5. The third-order valence-corrected chi connectivity index (χ3v) is 3.15. The van der Waals surface area contributed by atoms with Crippen LogP contribution in [0.15, 0.2) is 48.5 Å². The van der Waals surface area contributed by atoms with E-state index < -0.39 is 0 Å². The van der Waals surface area contributed by atoms with Gasteiger partial charge in [-0.2, -0.15) is 0 Å². The number of carbonyl (C=O) groups excluding carboxylic acids is 1. The second-order valence-electron chi connectivity index (χ2n) is 5.33. The fourth-order valence-corrected chi connectivity index (χ4v) is 2.16. The predicted molar refractivity (Wildman–Crippen MR) is 87.0 cm³/mol. The summed E-state index contributed by atoms with van der Waals surface area (Å²) in [5, 5.41) is 2.91. The molecule has 0 saturated carbocycles. The van der Waals surface area contributed by atoms with E-state index in [9.17, 15) is 4.79 Å². The third-order valence-electron chi connectivity index (χ3n) is 3.15. The Balaban J connectivity index is 1.86. The summed E-state index contributed by atoms with van der Waals surface area (Å²) in [6.45, 7) is 3.06. The number of anilines is 2. The largest absolute Gasteiger partial charge is 0.399 e. The normalized spacial score (nSPS) is 10.6. The van der Waals surface area contributed by atoms with Crippen LogP contribution in [0, 0.1) is 6.92 Å². The number of rotatable bonds is 5. The molecular weight excluding hydrogens is 262 g/mol. The third kappa shape index (κ3) is 4.93. The molecule has 0 fully saturated rings. The zero-order valence-electron chi connectivity index (χ0n) is 12.5. The monoisotopic (exact) mass is 283 g/mol. The summed E-state index contributed by atoms with van der Waals surface area (Å²) in [4.78, 5) is 14.0. The molecule has 0 aromatic heterocycles. The minimum Gasteiger partial charge on any atom is -0.399 e. The highest BCUT2D eigenvalue weighted by molar-refractivity contribution is 5.92. The minimum absolute atomic E-state index is 0.0152. The summed E-state index contributed by atoms with van der Waals surface area (Å²) >= 11 is 0. The number of amides is 1. The Bertz CT molecular complexity index is 608. The van der Waals surface area contributed by atoms with Crippen LogP contribution in [0.25, 0.3) is 0 Å². The van der Waals surface area contributed by atoms with Gasteiger partial charge in [-0.25, -0.2) is 0 Å². The van der Waals surface area contributed by atoms with Crippen molar-refractivity contribution >= 4 is 17.3 Å². The van der Waals surface area contributed by atoms with Crippen LogP contribution >= 0.6 is 0 Å². The average Bonchev–Trinajstić information content (AvgIpc) is 2.41. The Hall–Kier alpha value is -2.33. The van der Waals surface area contributed by atoms with Gasteiger partial charge >= 0.3 is 0 Å². The van der Waals surface area contributed by atoms with Crippen molar-refractivity contribution in [3.05, 3.63) is 59.7 Å². The summed E-state index contributed by atoms with van der Waals surface area (Å²) in [6.07, 6.45) is 0. The first-order valence-electron chi connectivity index (χ1n) is 6.92. The molecule has 1 amide bonds. The first-order chi connectivity index (χ1) is 10.0. The van der Waals surface area contributed by atoms with Gasteiger partial charge in [-0.3, -0.25) is 9.69 Å². The molecule has 2 aromatic carbocycles. The standard InChI is InChI=1S/C17H21N3O/c1-13-4-3-5-16(10-13)19-17(21)12-20(2)11-14-6-8-15(18)9-7-14/h3-10H,11-12,18H2,1-2H3,(H,19,21). The van der Waals surface area contributed by atoms with Gasteiger partial charge in [0.1, 0.15) is 0 Å². The van der Waals surface area contributed by atoms with Crippen LogP contribution < -0.4 is 11.1 Å². The Morgan fingerprint density at radius 1 is 1.19 bits per heavy atom. The molecule has 0 saturated heterocycles. The molecule has 0 atom stereocenters. The molecule has 3 N–H and O–H groups in total. The van der Waals surface area contributed by atoms with Gasteiger partial charge < -0.3 is 11.1 Å². The topological polar surface area (TPSA) is 58.4 Å². The lowest BCUT2D eigenvalue weighted by Crippen LogP contribution is -2.29. The summed E-state index contributed by atoms with van der Waals surface area (Å²) in [5.41, 5.74) is 9.50. The van der Waals surface area contributed by atoms with Crippen LogP contribution in [0.4, 0.5) is 11.4 Å². The summed E-state index contributed by atoms with van der Waals surface area (Å²) in [5.74, 6) is -0.0152. The molecule has 4 heteroatoms. The van der Waals surface area contributed by atoms with Crippen LogP contribution in [0.3, 0.4) is 0 Å². The maximum Gasteiger partial charge on any atom is 0.238 e. The van der Waals surface area contributed by atoms with E-state index in [0.29, 0.717) is 13.1 Å². The fraction of sp³-hybridized carbons (Fsp3) is 0.235. The van der Waals surface area contributed by atoms with Crippen LogP contribution in [0.1, 0.15) is 11.1 Å². The molecule has 4 nitrogen and oxygen atoms in total. The maximum absolute atomic E-state index is 12.0. The lowest BCUT2D eigenvalue weighted by molar-refractivity contribution is -0.117. The fourth-order valence-electron chi connectivity index (χ4n) is 2.16. The first-order valence-corrected chi connectivity index (χ1v) is 6.92. The molecule has 0 unspecified atom stereocenters. The van der Waals surface area contributed by atoms with Gasteiger partial charge in [-0.1, -0.05) is 24.3 Å². The molecule has 0 aliphatic heterocycles. The van der Waals surface area contributed by atoms with E-state index in [1.54, 1.807) is 0 Å². The Kier molecular flexibility index (Phi) is 4.95. The lowest BCUT2D eigenvalue weighted by Gasteiger charge is -2.16. The van der Waals surface area contributed by atoms with Gasteiger partial charge in [-0.15, -0.1) is 0 Å². The first kappa shape index (κ1) is 15.1. The molecule has 0 heterocycles. The van der Waals surface area contributed by atoms with Crippen molar-refractivity contribution in [2.24, 2.45) is 0 Å². The van der Waals surface area contributed by atoms with E-state index in [2.05, 4.69) is 5.32 Å². The Morgan fingerprint density at radius 2 is 1.90 bits per heavy atom. The number of nitrogens with zero attached hydrogens (tertiary/aromatic N) is 1. The van der Waals surface area contributed by atoms with Crippen molar-refractivity contribution in [2.45, 2.75) is 13.5 Å². The number of hydrogen-bond acceptors (Lipinski definition) is 3. The number of hydrogen-bond donors (Lipinski definition) is 2. The molecular formula is C17H21N3O. The summed E-state index contributed by atoms with van der Waals surface area (Å²) in [7, 11) is 1.92. The number of benzene rings is 2. The average molecular weight is 283 g/mol. The molecule has 0 radical (unpaired) electrons. The number of carbonyl (C=O) groups is 1. The lowest BCUT2D eigenvalue weighted by atomic mass is 10.2. The van der Waals surface area contributed by atoms with E-state index in [1.165, 1.54) is 0 Å². The van der Waals surface area contributed by atoms with Crippen LogP contribution in [0.2, 0.25) is 0 Å². The molecule has 0 spiro atoms. The van der Waals surface area contributed by atoms with E-state index >= 15 is 0 Å². The molecule has 0 bridgehead atoms. The number of aryl methyl sites for hydroxylation is 1. The number of nitrogens with two attached hydrogens (primary N) is 1. The number of likely N-dealkylation sites (N-methyl/N-ethyl adjacent to an activating group) is 1. The highest BCUT2D eigenvalue weighted by Crippen LogP contribution is 2.10. The summed E-state index contributed by atoms with van der Waals surface area (Å²) < 4.78 is 0. The second-order valence-corrected chi connectivity index (χ2v) is 5.33. The molecule has 110 valence electrons. The number of nitrogens with one attached hydrogen (secondary N) is 1. The quantitative estimate of drug-likeness (QED) is 0.829. The summed E-state index contributed by atoms with van der Waals surface area (Å²) in [6, 6.07) is 15.5. The van der Waals surface area contributed by atoms with E-state index in [0.717, 1.165) is 22.5 Å². The van der Waals surface area contributed by atoms with Crippen molar-refractivity contribution in [2.75, 3.05) is 24.6 Å². The predicted octanol–water partition coefficient (Wildman–Crippen LogP) is 2.65. The van der Waals surface area contributed by atoms with Gasteiger partial charge in [0.05, 0.1) is 6.54 Å². The van der Waals surface area contributed by atoms with Crippen LogP contribution in [-0.4, -0.2) is 24.4 Å². The van der Waals surface area contributed by atoms with Crippen molar-refractivity contribution < 1.29 is 4.79 Å². The highest BCUT2D eigenvalue weighted by atomic mass is 16.2. The molecule has 0 aliphatic carbocycles. The van der Waals surface area contributed by atoms with E-state index in [-0.39, 0.29) is 5.91 Å². The van der Waals surface area contributed by atoms with Crippen molar-refractivity contribution in [1.29, 1.82) is 0 Å². The molecule has 0 aliphatic rings. The zero-order chi connectivity index (χ0) is 15.2. The van der Waals surface area contributed by atoms with Gasteiger partial charge in [0.15, 0.2) is 0 Å². The van der Waals surface area contributed by atoms with Crippen molar-refractivity contribution in [3.63, 3.8) is 0 Å². The van der Waals surface area contributed by atoms with Crippen molar-refractivity contribution in [3.8, 4) is 0 Å². The van der Waals surface area contributed by atoms with E-state index in [4.69, 9.17) is 5.73 Å². The van der Waals surface area contributed by atoms with Crippen LogP contribution in [0.5, 0.6) is 0 Å². The SMILES string of the molecule is Cc1cccc(NC(=O)CN(C)Cc2ccc(N)cc2)c1. The van der Waals surface area contributed by atoms with Gasteiger partial charge in [0, 0.05) is 17.9 Å². The maximum atomic E-state index is 12.0.